The Morgan fingerprint density at radius 3 is 1.25 bits per heavy atom. The van der Waals surface area contributed by atoms with Gasteiger partial charge in [-0.05, 0) is 18.2 Å². The normalized spacial score (nSPS) is 12.8. The number of sulfonamides is 3. The average molecular weight is 1090 g/mol. The molecule has 0 heterocycles. The number of aliphatic carboxylic acids is 2. The summed E-state index contributed by atoms with van der Waals surface area (Å²) in [5, 5.41) is 88.0. The number of methoxy groups -OCH3 is 2. The first-order chi connectivity index (χ1) is 33.3. The number of aliphatic hydroxyl groups is 4. The molecule has 0 aromatic heterocycles. The molecule has 3 rings (SSSR count). The number of ether oxygens (including phenoxy) is 2. The Bertz CT molecular complexity index is 2680. The number of aliphatic hydroxyl groups excluding tert-OH is 4. The summed E-state index contributed by atoms with van der Waals surface area (Å²) in [6.45, 7) is -1.39. The van der Waals surface area contributed by atoms with Gasteiger partial charge in [-0.25, -0.2) is 30.0 Å². The number of carbonyl (C=O) groups excluding carboxylic acids is 3. The number of nitro groups is 3. The molecular formula is C38H52LiN7O24S3. The Kier molecular flexibility index (Phi) is 31.0. The van der Waals surface area contributed by atoms with Gasteiger partial charge < -0.3 is 50.6 Å². The van der Waals surface area contributed by atoms with E-state index < -0.39 is 157 Å². The summed E-state index contributed by atoms with van der Waals surface area (Å²) < 4.78 is 85.2. The van der Waals surface area contributed by atoms with Gasteiger partial charge in [-0.3, -0.25) is 44.7 Å². The number of nitrogens with one attached hydrogen (secondary N) is 1. The van der Waals surface area contributed by atoms with Crippen LogP contribution >= 0.6 is 0 Å². The summed E-state index contributed by atoms with van der Waals surface area (Å²) in [7, 11) is -8.06. The molecule has 0 aliphatic heterocycles. The minimum atomic E-state index is -4.23. The summed E-state index contributed by atoms with van der Waals surface area (Å²) in [4.78, 5) is 70.6. The Labute approximate surface area is 428 Å². The van der Waals surface area contributed by atoms with E-state index in [-0.39, 0.29) is 38.2 Å². The summed E-state index contributed by atoms with van der Waals surface area (Å²) in [5.74, 6) is -3.95. The monoisotopic (exact) mass is 1090 g/mol. The molecule has 4 unspecified atom stereocenters. The first-order valence-corrected chi connectivity index (χ1v) is 24.3. The Morgan fingerprint density at radius 1 is 0.603 bits per heavy atom. The molecule has 0 aliphatic rings. The molecule has 4 atom stereocenters. The number of carboxylic acids is 2. The molecule has 0 bridgehead atoms. The van der Waals surface area contributed by atoms with Crippen LogP contribution in [-0.4, -0.2) is 177 Å². The number of likely N-dealkylation sites (N-methyl/N-ethyl adjacent to an activating group) is 2. The van der Waals surface area contributed by atoms with Crippen LogP contribution < -0.4 is 34.4 Å². The molecule has 0 saturated carbocycles. The molecule has 31 nitrogen and oxygen atoms in total. The molecule has 0 amide bonds. The van der Waals surface area contributed by atoms with Crippen LogP contribution in [0.15, 0.2) is 87.5 Å². The maximum absolute atomic E-state index is 12.3. The molecule has 8 N–H and O–H groups in total. The van der Waals surface area contributed by atoms with Crippen LogP contribution in [0.2, 0.25) is 0 Å². The van der Waals surface area contributed by atoms with Crippen molar-refractivity contribution in [3.05, 3.63) is 103 Å². The number of benzene rings is 3. The van der Waals surface area contributed by atoms with Gasteiger partial charge in [0.25, 0.3) is 17.1 Å². The van der Waals surface area contributed by atoms with Gasteiger partial charge in [0.05, 0.1) is 72.7 Å². The first-order valence-electron chi connectivity index (χ1n) is 19.9. The number of nitrogens with zero attached hydrogens (tertiary/aromatic N) is 5. The minimum absolute atomic E-state index is 0. The van der Waals surface area contributed by atoms with Crippen LogP contribution in [0.3, 0.4) is 0 Å². The second kappa shape index (κ2) is 32.8. The summed E-state index contributed by atoms with van der Waals surface area (Å²) in [5.41, 5.74) is 3.17. The van der Waals surface area contributed by atoms with Gasteiger partial charge in [0.15, 0.2) is 14.7 Å². The van der Waals surface area contributed by atoms with Gasteiger partial charge in [-0.1, -0.05) is 36.4 Å². The molecule has 0 fully saturated rings. The van der Waals surface area contributed by atoms with E-state index in [1.54, 1.807) is 0 Å². The van der Waals surface area contributed by atoms with E-state index in [0.29, 0.717) is 4.31 Å². The number of esters is 2. The maximum Gasteiger partial charge on any atom is 1.00 e. The third kappa shape index (κ3) is 24.4. The SMILES string of the molecule is CN(CC(O)CC(=O)[O-])S(=O)(=O)c1ccccc1[N+](=O)[O-].COC(=O)CC(O)CN(C)S(=O)(=O)c1ccccc1[N+](=O)[O-].COC(=O)CC(O)CNS(=O)(=O)c1ccccc1[N+](=O)[O-].NCC(O)CC(=O)O.[Li+]. The number of carbonyl (C=O) groups is 4. The zero-order valence-corrected chi connectivity index (χ0v) is 41.9. The summed E-state index contributed by atoms with van der Waals surface area (Å²) in [6, 6.07) is 14.5. The molecule has 3 aromatic carbocycles. The topological polar surface area (TPSA) is 487 Å². The van der Waals surface area contributed by atoms with E-state index in [2.05, 4.69) is 9.47 Å². The molecule has 0 spiro atoms. The van der Waals surface area contributed by atoms with E-state index in [9.17, 15) is 95.2 Å². The number of para-hydroxylation sites is 3. The van der Waals surface area contributed by atoms with E-state index in [4.69, 9.17) is 15.9 Å². The van der Waals surface area contributed by atoms with E-state index in [1.165, 1.54) is 36.4 Å². The fraction of sp³-hybridized carbons (Fsp3) is 0.421. The van der Waals surface area contributed by atoms with Gasteiger partial charge in [-0.15, -0.1) is 0 Å². The summed E-state index contributed by atoms with van der Waals surface area (Å²) in [6.07, 6.45) is -6.73. The van der Waals surface area contributed by atoms with Crippen molar-refractivity contribution in [3.63, 3.8) is 0 Å². The van der Waals surface area contributed by atoms with E-state index >= 15 is 0 Å². The average Bonchev–Trinajstić information content (AvgIpc) is 3.30. The number of carboxylic acid groups (broad SMARTS) is 2. The van der Waals surface area contributed by atoms with Crippen LogP contribution in [0.1, 0.15) is 25.7 Å². The molecule has 402 valence electrons. The molecule has 35 heteroatoms. The largest absolute Gasteiger partial charge is 1.00 e. The van der Waals surface area contributed by atoms with E-state index in [0.717, 1.165) is 69.0 Å². The maximum atomic E-state index is 12.3. The predicted molar refractivity (Wildman–Crippen MR) is 242 cm³/mol. The standard InChI is InChI=1S/C12H16N2O7S.2C11H14N2O7S.C4H9NO3.Li/c1-13(8-9(15)7-12(16)21-2)22(19,20)11-6-4-3-5-10(11)14(17)18;1-20-11(15)6-8(14)7-12-21(18,19)10-5-3-2-4-9(10)13(16)17;1-12(7-8(14)6-11(15)16)21(19,20)10-5-3-2-4-9(10)13(17)18;5-2-3(6)1-4(7)8;/h3-6,9,15H,7-8H2,1-2H3;2-5,8,12,14H,6-7H2,1H3;2-5,8,14H,6-7H2,1H3,(H,15,16);3,6H,1-2,5H2,(H,7,8);/q;;;;+1/p-1. The van der Waals surface area contributed by atoms with Crippen molar-refractivity contribution in [2.24, 2.45) is 5.73 Å². The third-order valence-electron chi connectivity index (χ3n) is 8.64. The minimum Gasteiger partial charge on any atom is -0.550 e. The van der Waals surface area contributed by atoms with E-state index in [1.807, 2.05) is 4.72 Å². The molecule has 0 radical (unpaired) electrons. The van der Waals surface area contributed by atoms with Crippen molar-refractivity contribution in [3.8, 4) is 0 Å². The molecule has 3 aromatic rings. The number of nitro benzene ring substituents is 3. The van der Waals surface area contributed by atoms with Gasteiger partial charge in [0, 0.05) is 70.9 Å². The van der Waals surface area contributed by atoms with Gasteiger partial charge >= 0.3 is 36.8 Å². The predicted octanol–water partition coefficient (Wildman–Crippen LogP) is -5.56. The smallest absolute Gasteiger partial charge is 0.550 e. The van der Waals surface area contributed by atoms with Gasteiger partial charge in [0.2, 0.25) is 30.1 Å². The third-order valence-corrected chi connectivity index (χ3v) is 13.9. The Balaban J connectivity index is 0. The Morgan fingerprint density at radius 2 is 0.932 bits per heavy atom. The van der Waals surface area contributed by atoms with Crippen molar-refractivity contribution >= 4 is 71.0 Å². The number of hydrogen-bond acceptors (Lipinski definition) is 24. The van der Waals surface area contributed by atoms with Crippen molar-refractivity contribution < 1.29 is 118 Å². The number of hydrogen-bond donors (Lipinski definition) is 7. The second-order valence-corrected chi connectivity index (χ2v) is 19.9. The molecule has 0 saturated heterocycles. The fourth-order valence-electron chi connectivity index (χ4n) is 5.13. The molecule has 0 aliphatic carbocycles. The number of rotatable bonds is 24. The number of nitrogens with two attached hydrogens (primary N) is 1. The zero-order chi connectivity index (χ0) is 55.7. The van der Waals surface area contributed by atoms with Crippen LogP contribution in [0.5, 0.6) is 0 Å². The van der Waals surface area contributed by atoms with Gasteiger partial charge in [0.1, 0.15) is 0 Å². The first kappa shape index (κ1) is 68.9. The van der Waals surface area contributed by atoms with Crippen molar-refractivity contribution in [1.82, 2.24) is 13.3 Å². The van der Waals surface area contributed by atoms with Crippen molar-refractivity contribution in [1.29, 1.82) is 0 Å². The van der Waals surface area contributed by atoms with Crippen molar-refractivity contribution in [2.75, 3.05) is 54.5 Å². The summed E-state index contributed by atoms with van der Waals surface area (Å²) >= 11 is 0. The Hall–Kier alpha value is -6.13. The quantitative estimate of drug-likeness (QED) is 0.0190. The molecule has 73 heavy (non-hydrogen) atoms. The van der Waals surface area contributed by atoms with Crippen LogP contribution in [-0.2, 0) is 58.7 Å². The van der Waals surface area contributed by atoms with Crippen LogP contribution in [0.25, 0.3) is 0 Å². The van der Waals surface area contributed by atoms with Crippen LogP contribution in [0, 0.1) is 30.3 Å². The molecular weight excluding hydrogens is 1040 g/mol. The second-order valence-electron chi connectivity index (χ2n) is 14.2. The zero-order valence-electron chi connectivity index (χ0n) is 39.4. The fourth-order valence-corrected chi connectivity index (χ4v) is 9.09. The van der Waals surface area contributed by atoms with Crippen LogP contribution in [0.4, 0.5) is 17.1 Å². The van der Waals surface area contributed by atoms with Gasteiger partial charge in [-0.2, -0.15) is 8.61 Å². The van der Waals surface area contributed by atoms with Crippen molar-refractivity contribution in [2.45, 2.75) is 64.8 Å².